The van der Waals surface area contributed by atoms with Crippen LogP contribution in [0.2, 0.25) is 0 Å². The van der Waals surface area contributed by atoms with Gasteiger partial charge in [-0.1, -0.05) is 6.07 Å². The van der Waals surface area contributed by atoms with E-state index in [-0.39, 0.29) is 6.54 Å². The molecule has 0 aliphatic carbocycles. The van der Waals surface area contributed by atoms with Crippen molar-refractivity contribution in [1.82, 2.24) is 5.32 Å². The lowest BCUT2D eigenvalue weighted by Gasteiger charge is -2.31. The van der Waals surface area contributed by atoms with Crippen LogP contribution in [0.3, 0.4) is 0 Å². The van der Waals surface area contributed by atoms with Gasteiger partial charge in [-0.05, 0) is 37.1 Å². The average molecular weight is 306 g/mol. The van der Waals surface area contributed by atoms with Crippen molar-refractivity contribution in [3.63, 3.8) is 0 Å². The molecule has 1 fully saturated rings. The first-order valence-corrected chi connectivity index (χ1v) is 7.36. The third-order valence-electron chi connectivity index (χ3n) is 3.97. The van der Waals surface area contributed by atoms with Gasteiger partial charge in [-0.2, -0.15) is 0 Å². The summed E-state index contributed by atoms with van der Waals surface area (Å²) in [7, 11) is 0. The smallest absolute Gasteiger partial charge is 0.313 e. The molecule has 1 aliphatic heterocycles. The summed E-state index contributed by atoms with van der Waals surface area (Å²) in [6, 6.07) is 5.44. The van der Waals surface area contributed by atoms with E-state index in [2.05, 4.69) is 10.6 Å². The molecular weight excluding hydrogens is 284 g/mol. The van der Waals surface area contributed by atoms with E-state index in [4.69, 9.17) is 4.74 Å². The number of aryl methyl sites for hydroxylation is 2. The molecule has 1 saturated heterocycles. The van der Waals surface area contributed by atoms with Crippen LogP contribution in [0.25, 0.3) is 0 Å². The van der Waals surface area contributed by atoms with Crippen molar-refractivity contribution in [2.45, 2.75) is 32.3 Å². The first-order chi connectivity index (χ1) is 10.4. The van der Waals surface area contributed by atoms with Gasteiger partial charge in [-0.25, -0.2) is 0 Å². The summed E-state index contributed by atoms with van der Waals surface area (Å²) < 4.78 is 5.17. The lowest BCUT2D eigenvalue weighted by Crippen LogP contribution is -2.48. The highest BCUT2D eigenvalue weighted by Crippen LogP contribution is 2.19. The zero-order chi connectivity index (χ0) is 16.2. The molecule has 6 nitrogen and oxygen atoms in total. The Morgan fingerprint density at radius 1 is 1.18 bits per heavy atom. The number of ether oxygens (including phenoxy) is 1. The summed E-state index contributed by atoms with van der Waals surface area (Å²) in [6.07, 6.45) is 0.901. The van der Waals surface area contributed by atoms with E-state index in [0.29, 0.717) is 31.7 Å². The minimum Gasteiger partial charge on any atom is -0.388 e. The van der Waals surface area contributed by atoms with Crippen LogP contribution in [-0.2, 0) is 14.3 Å². The Hall–Kier alpha value is -1.92. The summed E-state index contributed by atoms with van der Waals surface area (Å²) >= 11 is 0. The number of rotatable bonds is 3. The van der Waals surface area contributed by atoms with E-state index in [1.807, 2.05) is 26.0 Å². The molecule has 2 amide bonds. The van der Waals surface area contributed by atoms with Gasteiger partial charge < -0.3 is 20.5 Å². The Balaban J connectivity index is 1.86. The van der Waals surface area contributed by atoms with Gasteiger partial charge in [0.25, 0.3) is 0 Å². The average Bonchev–Trinajstić information content (AvgIpc) is 2.49. The molecule has 6 heteroatoms. The van der Waals surface area contributed by atoms with E-state index in [1.165, 1.54) is 0 Å². The molecule has 0 radical (unpaired) electrons. The van der Waals surface area contributed by atoms with Gasteiger partial charge in [-0.3, -0.25) is 9.59 Å². The Kier molecular flexibility index (Phi) is 5.15. The normalized spacial score (nSPS) is 16.9. The van der Waals surface area contributed by atoms with E-state index < -0.39 is 17.4 Å². The van der Waals surface area contributed by atoms with Crippen LogP contribution in [0.5, 0.6) is 0 Å². The summed E-state index contributed by atoms with van der Waals surface area (Å²) in [5.74, 6) is -1.49. The van der Waals surface area contributed by atoms with Crippen LogP contribution in [-0.4, -0.2) is 42.3 Å². The molecule has 3 N–H and O–H groups in total. The van der Waals surface area contributed by atoms with Gasteiger partial charge in [0.05, 0.1) is 5.60 Å². The topological polar surface area (TPSA) is 87.7 Å². The van der Waals surface area contributed by atoms with Crippen molar-refractivity contribution < 1.29 is 19.4 Å². The second-order valence-corrected chi connectivity index (χ2v) is 5.77. The van der Waals surface area contributed by atoms with Crippen LogP contribution in [0.15, 0.2) is 18.2 Å². The molecule has 0 saturated carbocycles. The van der Waals surface area contributed by atoms with E-state index in [0.717, 1.165) is 11.1 Å². The fourth-order valence-corrected chi connectivity index (χ4v) is 2.26. The molecule has 1 heterocycles. The first-order valence-electron chi connectivity index (χ1n) is 7.36. The summed E-state index contributed by atoms with van der Waals surface area (Å²) in [5, 5.41) is 15.3. The Bertz CT molecular complexity index is 565. The molecule has 0 aromatic heterocycles. The minimum atomic E-state index is -0.991. The number of anilines is 1. The zero-order valence-electron chi connectivity index (χ0n) is 12.9. The maximum absolute atomic E-state index is 11.9. The van der Waals surface area contributed by atoms with Crippen molar-refractivity contribution in [2.75, 3.05) is 25.1 Å². The fraction of sp³-hybridized carbons (Fsp3) is 0.500. The molecule has 1 aromatic carbocycles. The van der Waals surface area contributed by atoms with Crippen LogP contribution >= 0.6 is 0 Å². The molecule has 2 rings (SSSR count). The maximum Gasteiger partial charge on any atom is 0.313 e. The number of benzene rings is 1. The van der Waals surface area contributed by atoms with Crippen molar-refractivity contribution in [2.24, 2.45) is 0 Å². The van der Waals surface area contributed by atoms with Crippen LogP contribution in [0.1, 0.15) is 24.0 Å². The van der Waals surface area contributed by atoms with Crippen molar-refractivity contribution in [1.29, 1.82) is 0 Å². The van der Waals surface area contributed by atoms with Crippen molar-refractivity contribution >= 4 is 17.5 Å². The predicted octanol–water partition coefficient (Wildman–Crippen LogP) is 0.900. The summed E-state index contributed by atoms with van der Waals surface area (Å²) in [6.45, 7) is 4.88. The van der Waals surface area contributed by atoms with Crippen LogP contribution in [0, 0.1) is 13.8 Å². The van der Waals surface area contributed by atoms with E-state index in [9.17, 15) is 14.7 Å². The van der Waals surface area contributed by atoms with Gasteiger partial charge in [-0.15, -0.1) is 0 Å². The van der Waals surface area contributed by atoms with Gasteiger partial charge in [0.1, 0.15) is 0 Å². The second-order valence-electron chi connectivity index (χ2n) is 5.77. The monoisotopic (exact) mass is 306 g/mol. The first kappa shape index (κ1) is 16.5. The molecule has 1 aromatic rings. The van der Waals surface area contributed by atoms with Crippen LogP contribution < -0.4 is 10.6 Å². The quantitative estimate of drug-likeness (QED) is 0.724. The van der Waals surface area contributed by atoms with Crippen molar-refractivity contribution in [3.05, 3.63) is 29.3 Å². The van der Waals surface area contributed by atoms with Gasteiger partial charge >= 0.3 is 11.8 Å². The molecule has 0 bridgehead atoms. The Morgan fingerprint density at radius 3 is 2.50 bits per heavy atom. The third-order valence-corrected chi connectivity index (χ3v) is 3.97. The number of hydrogen-bond acceptors (Lipinski definition) is 4. The summed E-state index contributed by atoms with van der Waals surface area (Å²) in [5.41, 5.74) is 1.74. The SMILES string of the molecule is Cc1ccc(NC(=O)C(=O)NCC2(O)CCOCC2)cc1C. The number of carbonyl (C=O) groups excluding carboxylic acids is 2. The zero-order valence-corrected chi connectivity index (χ0v) is 12.9. The largest absolute Gasteiger partial charge is 0.388 e. The second kappa shape index (κ2) is 6.89. The fourth-order valence-electron chi connectivity index (χ4n) is 2.26. The van der Waals surface area contributed by atoms with Crippen molar-refractivity contribution in [3.8, 4) is 0 Å². The molecule has 0 unspecified atom stereocenters. The minimum absolute atomic E-state index is 0.0511. The highest BCUT2D eigenvalue weighted by molar-refractivity contribution is 6.39. The van der Waals surface area contributed by atoms with Gasteiger partial charge in [0.15, 0.2) is 0 Å². The number of hydrogen-bond donors (Lipinski definition) is 3. The molecule has 0 spiro atoms. The van der Waals surface area contributed by atoms with Crippen LogP contribution in [0.4, 0.5) is 5.69 Å². The predicted molar refractivity (Wildman–Crippen MR) is 82.6 cm³/mol. The Labute approximate surface area is 129 Å². The number of amides is 2. The highest BCUT2D eigenvalue weighted by atomic mass is 16.5. The maximum atomic E-state index is 11.9. The van der Waals surface area contributed by atoms with Gasteiger partial charge in [0.2, 0.25) is 0 Å². The lowest BCUT2D eigenvalue weighted by molar-refractivity contribution is -0.137. The Morgan fingerprint density at radius 2 is 1.86 bits per heavy atom. The number of nitrogens with one attached hydrogen (secondary N) is 2. The van der Waals surface area contributed by atoms with E-state index in [1.54, 1.807) is 6.07 Å². The number of carbonyl (C=O) groups is 2. The van der Waals surface area contributed by atoms with Gasteiger partial charge in [0, 0.05) is 38.3 Å². The highest BCUT2D eigenvalue weighted by Gasteiger charge is 2.30. The molecule has 0 atom stereocenters. The molecule has 120 valence electrons. The third kappa shape index (κ3) is 4.29. The molecule has 1 aliphatic rings. The van der Waals surface area contributed by atoms with E-state index >= 15 is 0 Å². The molecular formula is C16H22N2O4. The summed E-state index contributed by atoms with van der Waals surface area (Å²) in [4.78, 5) is 23.7. The standard InChI is InChI=1S/C16H22N2O4/c1-11-3-4-13(9-12(11)2)18-15(20)14(19)17-10-16(21)5-7-22-8-6-16/h3-4,9,21H,5-8,10H2,1-2H3,(H,17,19)(H,18,20). The lowest BCUT2D eigenvalue weighted by atomic mass is 9.94. The number of aliphatic hydroxyl groups is 1. The molecule has 22 heavy (non-hydrogen) atoms.